The van der Waals surface area contributed by atoms with Gasteiger partial charge in [-0.15, -0.1) is 0 Å². The van der Waals surface area contributed by atoms with Crippen molar-refractivity contribution in [3.63, 3.8) is 0 Å². The molecule has 1 aromatic carbocycles. The summed E-state index contributed by atoms with van der Waals surface area (Å²) in [6.45, 7) is 0.949. The first-order valence-corrected chi connectivity index (χ1v) is 7.63. The zero-order valence-electron chi connectivity index (χ0n) is 11.4. The van der Waals surface area contributed by atoms with Gasteiger partial charge in [-0.25, -0.2) is 4.79 Å². The van der Waals surface area contributed by atoms with E-state index in [1.807, 2.05) is 12.1 Å². The van der Waals surface area contributed by atoms with Gasteiger partial charge in [0.2, 0.25) is 0 Å². The number of carbonyl (C=O) groups is 1. The molecule has 2 aliphatic rings. The Kier molecular flexibility index (Phi) is 3.84. The number of nitrogens with one attached hydrogen (secondary N) is 1. The van der Waals surface area contributed by atoms with Gasteiger partial charge in [-0.05, 0) is 30.5 Å². The first-order valence-electron chi connectivity index (χ1n) is 6.84. The first kappa shape index (κ1) is 14.0. The Morgan fingerprint density at radius 2 is 2.40 bits per heavy atom. The fourth-order valence-corrected chi connectivity index (χ4v) is 3.87. The maximum atomic E-state index is 11.4. The highest BCUT2D eigenvalue weighted by molar-refractivity contribution is 9.10. The van der Waals surface area contributed by atoms with Crippen molar-refractivity contribution in [2.75, 3.05) is 20.3 Å². The van der Waals surface area contributed by atoms with Gasteiger partial charge < -0.3 is 14.8 Å². The smallest absolute Gasteiger partial charge is 0.331 e. The van der Waals surface area contributed by atoms with E-state index in [1.54, 1.807) is 0 Å². The molecule has 0 spiro atoms. The highest BCUT2D eigenvalue weighted by atomic mass is 79.9. The molecule has 1 aromatic rings. The van der Waals surface area contributed by atoms with Crippen molar-refractivity contribution in [1.29, 1.82) is 0 Å². The van der Waals surface area contributed by atoms with E-state index < -0.39 is 0 Å². The number of methoxy groups -OCH3 is 1. The second kappa shape index (κ2) is 5.47. The average molecular weight is 340 g/mol. The van der Waals surface area contributed by atoms with E-state index in [0.717, 1.165) is 29.4 Å². The number of fused-ring (bicyclic) bond motifs is 2. The lowest BCUT2D eigenvalue weighted by atomic mass is 9.82. The van der Waals surface area contributed by atoms with Gasteiger partial charge in [-0.2, -0.15) is 0 Å². The summed E-state index contributed by atoms with van der Waals surface area (Å²) in [7, 11) is 1.39. The normalized spacial score (nSPS) is 31.5. The van der Waals surface area contributed by atoms with Crippen LogP contribution < -0.4 is 5.32 Å². The minimum absolute atomic E-state index is 0.00618. The molecule has 3 unspecified atom stereocenters. The van der Waals surface area contributed by atoms with Crippen LogP contribution >= 0.6 is 15.9 Å². The predicted octanol–water partition coefficient (Wildman–Crippen LogP) is 2.22. The number of ether oxygens (including phenoxy) is 2. The molecule has 108 valence electrons. The summed E-state index contributed by atoms with van der Waals surface area (Å²) >= 11 is 3.52. The number of carbonyl (C=O) groups excluding carboxylic acids is 1. The van der Waals surface area contributed by atoms with E-state index in [1.165, 1.54) is 7.11 Å². The molecule has 5 heteroatoms. The summed E-state index contributed by atoms with van der Waals surface area (Å²) in [6, 6.07) is 8.68. The summed E-state index contributed by atoms with van der Waals surface area (Å²) < 4.78 is 11.8. The summed E-state index contributed by atoms with van der Waals surface area (Å²) in [5, 5.41) is 3.49. The summed E-state index contributed by atoms with van der Waals surface area (Å²) in [5.41, 5.74) is 0.776. The maximum Gasteiger partial charge on any atom is 0.331 e. The second-order valence-electron chi connectivity index (χ2n) is 5.51. The van der Waals surface area contributed by atoms with E-state index in [0.29, 0.717) is 12.0 Å². The Bertz CT molecular complexity index is 522. The monoisotopic (exact) mass is 339 g/mol. The summed E-state index contributed by atoms with van der Waals surface area (Å²) in [6.07, 6.45) is 2.01. The van der Waals surface area contributed by atoms with Crippen LogP contribution in [-0.4, -0.2) is 32.3 Å². The van der Waals surface area contributed by atoms with Gasteiger partial charge in [0.15, 0.2) is 0 Å². The van der Waals surface area contributed by atoms with Crippen LogP contribution in [0.3, 0.4) is 0 Å². The highest BCUT2D eigenvalue weighted by Crippen LogP contribution is 2.50. The van der Waals surface area contributed by atoms with Crippen molar-refractivity contribution in [2.24, 2.45) is 5.92 Å². The largest absolute Gasteiger partial charge is 0.467 e. The molecule has 3 atom stereocenters. The molecular weight excluding hydrogens is 322 g/mol. The van der Waals surface area contributed by atoms with Gasteiger partial charge >= 0.3 is 5.97 Å². The number of rotatable bonds is 4. The van der Waals surface area contributed by atoms with Crippen LogP contribution in [-0.2, 0) is 19.9 Å². The number of benzene rings is 1. The minimum Gasteiger partial charge on any atom is -0.467 e. The molecule has 2 bridgehead atoms. The van der Waals surface area contributed by atoms with Crippen LogP contribution in [0.4, 0.5) is 0 Å². The molecule has 1 saturated carbocycles. The van der Waals surface area contributed by atoms with Crippen LogP contribution in [0.5, 0.6) is 0 Å². The fraction of sp³-hybridized carbons (Fsp3) is 0.533. The van der Waals surface area contributed by atoms with Crippen LogP contribution in [0.15, 0.2) is 28.7 Å². The fourth-order valence-electron chi connectivity index (χ4n) is 3.47. The molecule has 2 fully saturated rings. The Morgan fingerprint density at radius 1 is 1.55 bits per heavy atom. The molecule has 1 heterocycles. The molecule has 4 nitrogen and oxygen atoms in total. The van der Waals surface area contributed by atoms with Crippen LogP contribution in [0.1, 0.15) is 18.4 Å². The molecule has 1 N–H and O–H groups in total. The number of hydrogen-bond acceptors (Lipinski definition) is 4. The van der Waals surface area contributed by atoms with Crippen LogP contribution in [0.2, 0.25) is 0 Å². The molecule has 1 aliphatic carbocycles. The Labute approximate surface area is 127 Å². The summed E-state index contributed by atoms with van der Waals surface area (Å²) in [4.78, 5) is 11.4. The second-order valence-corrected chi connectivity index (χ2v) is 6.42. The molecular formula is C15H18BrNO3. The molecule has 20 heavy (non-hydrogen) atoms. The molecule has 0 radical (unpaired) electrons. The number of esters is 1. The lowest BCUT2D eigenvalue weighted by molar-refractivity contribution is -0.158. The quantitative estimate of drug-likeness (QED) is 0.854. The SMILES string of the molecule is COC(=O)COC1(c2cccc(Br)c2)CC2CC1CN2. The topological polar surface area (TPSA) is 47.6 Å². The zero-order valence-corrected chi connectivity index (χ0v) is 13.0. The van der Waals surface area contributed by atoms with E-state index >= 15 is 0 Å². The Balaban J connectivity index is 1.90. The average Bonchev–Trinajstić information content (AvgIpc) is 3.06. The van der Waals surface area contributed by atoms with Crippen molar-refractivity contribution in [1.82, 2.24) is 5.32 Å². The van der Waals surface area contributed by atoms with E-state index in [-0.39, 0.29) is 18.2 Å². The van der Waals surface area contributed by atoms with Crippen molar-refractivity contribution in [3.8, 4) is 0 Å². The molecule has 1 saturated heterocycles. The molecule has 3 rings (SSSR count). The van der Waals surface area contributed by atoms with Crippen molar-refractivity contribution in [2.45, 2.75) is 24.5 Å². The Hall–Kier alpha value is -0.910. The van der Waals surface area contributed by atoms with Crippen LogP contribution in [0.25, 0.3) is 0 Å². The molecule has 0 amide bonds. The Morgan fingerprint density at radius 3 is 3.00 bits per heavy atom. The van der Waals surface area contributed by atoms with E-state index in [9.17, 15) is 4.79 Å². The first-order chi connectivity index (χ1) is 9.64. The van der Waals surface area contributed by atoms with E-state index in [4.69, 9.17) is 9.47 Å². The molecule has 0 aromatic heterocycles. The molecule has 1 aliphatic heterocycles. The van der Waals surface area contributed by atoms with Gasteiger partial charge in [-0.1, -0.05) is 28.1 Å². The number of hydrogen-bond donors (Lipinski definition) is 1. The third-order valence-corrected chi connectivity index (χ3v) is 4.91. The summed E-state index contributed by atoms with van der Waals surface area (Å²) in [5.74, 6) is 0.0848. The predicted molar refractivity (Wildman–Crippen MR) is 78.3 cm³/mol. The minimum atomic E-state index is -0.367. The van der Waals surface area contributed by atoms with Gasteiger partial charge in [0.05, 0.1) is 12.7 Å². The lowest BCUT2D eigenvalue weighted by Crippen LogP contribution is -2.44. The number of piperidine rings is 1. The third-order valence-electron chi connectivity index (χ3n) is 4.42. The third kappa shape index (κ3) is 2.38. The highest BCUT2D eigenvalue weighted by Gasteiger charge is 2.53. The van der Waals surface area contributed by atoms with Gasteiger partial charge in [0.25, 0.3) is 0 Å². The van der Waals surface area contributed by atoms with Crippen molar-refractivity contribution < 1.29 is 14.3 Å². The zero-order chi connectivity index (χ0) is 14.2. The standard InChI is InChI=1S/C15H18BrNO3/c1-19-14(18)9-20-15(7-13-6-11(15)8-17-13)10-3-2-4-12(16)5-10/h2-5,11,13,17H,6-9H2,1H3. The van der Waals surface area contributed by atoms with Crippen LogP contribution in [0, 0.1) is 5.92 Å². The lowest BCUT2D eigenvalue weighted by Gasteiger charge is -2.38. The number of halogens is 1. The van der Waals surface area contributed by atoms with E-state index in [2.05, 4.69) is 33.4 Å². The van der Waals surface area contributed by atoms with Gasteiger partial charge in [0, 0.05) is 23.0 Å². The maximum absolute atomic E-state index is 11.4. The van der Waals surface area contributed by atoms with Crippen molar-refractivity contribution in [3.05, 3.63) is 34.3 Å². The van der Waals surface area contributed by atoms with Gasteiger partial charge in [-0.3, -0.25) is 0 Å². The van der Waals surface area contributed by atoms with Gasteiger partial charge in [0.1, 0.15) is 6.61 Å². The van der Waals surface area contributed by atoms with Crippen molar-refractivity contribution >= 4 is 21.9 Å².